The number of benzene rings is 2. The normalized spacial score (nSPS) is 20.1. The van der Waals surface area contributed by atoms with E-state index in [1.54, 1.807) is 0 Å². The Morgan fingerprint density at radius 3 is 2.63 bits per heavy atom. The van der Waals surface area contributed by atoms with E-state index in [9.17, 15) is 4.79 Å². The average molecular weight is 364 g/mol. The molecule has 2 aliphatic heterocycles. The van der Waals surface area contributed by atoms with E-state index in [4.69, 9.17) is 14.3 Å². The lowest BCUT2D eigenvalue weighted by Gasteiger charge is -2.14. The number of oxime groups is 1. The van der Waals surface area contributed by atoms with E-state index in [0.29, 0.717) is 12.8 Å². The van der Waals surface area contributed by atoms with Gasteiger partial charge in [0.25, 0.3) is 5.91 Å². The van der Waals surface area contributed by atoms with Gasteiger partial charge in [0.15, 0.2) is 11.5 Å². The molecule has 0 radical (unpaired) electrons. The van der Waals surface area contributed by atoms with Gasteiger partial charge >= 0.3 is 0 Å². The Morgan fingerprint density at radius 1 is 1.04 bits per heavy atom. The van der Waals surface area contributed by atoms with Gasteiger partial charge in [-0.1, -0.05) is 35.5 Å². The highest BCUT2D eigenvalue weighted by Gasteiger charge is 2.31. The molecule has 1 atom stereocenters. The molecule has 2 aromatic rings. The predicted octanol–water partition coefficient (Wildman–Crippen LogP) is 2.39. The van der Waals surface area contributed by atoms with Crippen molar-refractivity contribution in [3.05, 3.63) is 59.2 Å². The predicted molar refractivity (Wildman–Crippen MR) is 99.0 cm³/mol. The van der Waals surface area contributed by atoms with Gasteiger partial charge in [-0.3, -0.25) is 4.79 Å². The molecule has 5 rings (SSSR count). The van der Waals surface area contributed by atoms with Gasteiger partial charge in [0, 0.05) is 18.9 Å². The molecule has 0 aromatic heterocycles. The molecule has 0 saturated carbocycles. The summed E-state index contributed by atoms with van der Waals surface area (Å²) in [6.07, 6.45) is 2.35. The minimum atomic E-state index is -0.544. The van der Waals surface area contributed by atoms with Crippen molar-refractivity contribution in [2.45, 2.75) is 37.8 Å². The van der Waals surface area contributed by atoms with E-state index in [0.717, 1.165) is 35.6 Å². The minimum absolute atomic E-state index is 0.0859. The number of hydrogen-bond acceptors (Lipinski definition) is 5. The first-order chi connectivity index (χ1) is 13.2. The number of carbonyl (C=O) groups excluding carboxylic acids is 1. The van der Waals surface area contributed by atoms with Crippen molar-refractivity contribution in [3.8, 4) is 11.5 Å². The molecule has 27 heavy (non-hydrogen) atoms. The van der Waals surface area contributed by atoms with Gasteiger partial charge in [-0.05, 0) is 41.7 Å². The van der Waals surface area contributed by atoms with Crippen LogP contribution >= 0.6 is 0 Å². The van der Waals surface area contributed by atoms with Crippen LogP contribution in [0.4, 0.5) is 0 Å². The molecule has 0 spiro atoms. The summed E-state index contributed by atoms with van der Waals surface area (Å²) < 4.78 is 10.7. The topological polar surface area (TPSA) is 69.2 Å². The van der Waals surface area contributed by atoms with Gasteiger partial charge < -0.3 is 19.6 Å². The zero-order chi connectivity index (χ0) is 18.2. The fraction of sp³-hybridized carbons (Fsp3) is 0.333. The third kappa shape index (κ3) is 3.23. The van der Waals surface area contributed by atoms with E-state index < -0.39 is 6.10 Å². The van der Waals surface area contributed by atoms with Crippen LogP contribution in [-0.2, 0) is 28.9 Å². The Balaban J connectivity index is 1.15. The van der Waals surface area contributed by atoms with Crippen LogP contribution in [0.15, 0.2) is 47.6 Å². The second-order valence-electron chi connectivity index (χ2n) is 7.20. The Labute approximate surface area is 157 Å². The number of amides is 1. The Kier molecular flexibility index (Phi) is 3.96. The van der Waals surface area contributed by atoms with Crippen molar-refractivity contribution < 1.29 is 19.1 Å². The molecule has 3 aliphatic rings. The summed E-state index contributed by atoms with van der Waals surface area (Å²) in [5, 5.41) is 7.24. The largest absolute Gasteiger partial charge is 0.454 e. The summed E-state index contributed by atoms with van der Waals surface area (Å²) in [4.78, 5) is 18.0. The van der Waals surface area contributed by atoms with Crippen molar-refractivity contribution in [2.24, 2.45) is 5.16 Å². The van der Waals surface area contributed by atoms with Crippen LogP contribution in [0.25, 0.3) is 0 Å². The Hall–Kier alpha value is -3.02. The zero-order valence-corrected chi connectivity index (χ0v) is 14.8. The highest BCUT2D eigenvalue weighted by atomic mass is 16.7. The number of ether oxygens (including phenoxy) is 2. The van der Waals surface area contributed by atoms with E-state index in [-0.39, 0.29) is 18.7 Å². The van der Waals surface area contributed by atoms with Gasteiger partial charge in [0.2, 0.25) is 12.9 Å². The maximum Gasteiger partial charge on any atom is 0.264 e. The van der Waals surface area contributed by atoms with E-state index in [1.807, 2.05) is 30.3 Å². The van der Waals surface area contributed by atoms with E-state index in [2.05, 4.69) is 22.6 Å². The Bertz CT molecular complexity index is 899. The molecule has 1 amide bonds. The standard InChI is InChI=1S/C21H20N2O4/c24-21(22-16-9-14-3-1-2-4-15(14)10-16)20-11-17(23-27-20)7-13-5-6-18-19(8-13)26-12-25-18/h1-6,8,16,20H,7,9-12H2,(H,22,24)/t20-/m0/s1. The first-order valence-electron chi connectivity index (χ1n) is 9.22. The monoisotopic (exact) mass is 364 g/mol. The van der Waals surface area contributed by atoms with Crippen LogP contribution < -0.4 is 14.8 Å². The van der Waals surface area contributed by atoms with Crippen molar-refractivity contribution in [2.75, 3.05) is 6.79 Å². The fourth-order valence-corrected chi connectivity index (χ4v) is 3.91. The summed E-state index contributed by atoms with van der Waals surface area (Å²) in [7, 11) is 0. The number of rotatable bonds is 4. The van der Waals surface area contributed by atoms with Gasteiger partial charge in [-0.25, -0.2) is 0 Å². The summed E-state index contributed by atoms with van der Waals surface area (Å²) in [6.45, 7) is 0.260. The van der Waals surface area contributed by atoms with Gasteiger partial charge in [-0.2, -0.15) is 0 Å². The minimum Gasteiger partial charge on any atom is -0.454 e. The van der Waals surface area contributed by atoms with Crippen molar-refractivity contribution in [1.82, 2.24) is 5.32 Å². The molecule has 1 aliphatic carbocycles. The lowest BCUT2D eigenvalue weighted by molar-refractivity contribution is -0.131. The molecule has 6 heteroatoms. The van der Waals surface area contributed by atoms with Crippen LogP contribution in [0.1, 0.15) is 23.1 Å². The number of nitrogens with one attached hydrogen (secondary N) is 1. The molecule has 0 fully saturated rings. The number of fused-ring (bicyclic) bond motifs is 2. The maximum atomic E-state index is 12.6. The van der Waals surface area contributed by atoms with Gasteiger partial charge in [0.1, 0.15) is 0 Å². The van der Waals surface area contributed by atoms with Gasteiger partial charge in [-0.15, -0.1) is 0 Å². The first kappa shape index (κ1) is 16.2. The number of nitrogens with zero attached hydrogens (tertiary/aromatic N) is 1. The molecule has 2 heterocycles. The summed E-state index contributed by atoms with van der Waals surface area (Å²) in [5.74, 6) is 1.43. The van der Waals surface area contributed by atoms with E-state index in [1.165, 1.54) is 11.1 Å². The lowest BCUT2D eigenvalue weighted by atomic mass is 10.0. The van der Waals surface area contributed by atoms with Gasteiger partial charge in [0.05, 0.1) is 5.71 Å². The number of hydrogen-bond donors (Lipinski definition) is 1. The smallest absolute Gasteiger partial charge is 0.264 e. The summed E-state index contributed by atoms with van der Waals surface area (Å²) in [5.41, 5.74) is 4.56. The van der Waals surface area contributed by atoms with Crippen LogP contribution in [0.3, 0.4) is 0 Å². The second kappa shape index (κ2) is 6.61. The zero-order valence-electron chi connectivity index (χ0n) is 14.8. The first-order valence-corrected chi connectivity index (χ1v) is 9.22. The van der Waals surface area contributed by atoms with Crippen LogP contribution in [0, 0.1) is 0 Å². The summed E-state index contributed by atoms with van der Waals surface area (Å²) >= 11 is 0. The summed E-state index contributed by atoms with van der Waals surface area (Å²) in [6, 6.07) is 14.3. The van der Waals surface area contributed by atoms with Crippen molar-refractivity contribution in [1.29, 1.82) is 0 Å². The third-order valence-electron chi connectivity index (χ3n) is 5.27. The molecule has 6 nitrogen and oxygen atoms in total. The fourth-order valence-electron chi connectivity index (χ4n) is 3.91. The van der Waals surface area contributed by atoms with Crippen LogP contribution in [0.5, 0.6) is 11.5 Å². The molecule has 138 valence electrons. The molecule has 2 aromatic carbocycles. The van der Waals surface area contributed by atoms with E-state index >= 15 is 0 Å². The molecular formula is C21H20N2O4. The second-order valence-corrected chi connectivity index (χ2v) is 7.20. The molecule has 0 bridgehead atoms. The van der Waals surface area contributed by atoms with Crippen LogP contribution in [0.2, 0.25) is 0 Å². The Morgan fingerprint density at radius 2 is 1.81 bits per heavy atom. The maximum absolute atomic E-state index is 12.6. The van der Waals surface area contributed by atoms with Crippen molar-refractivity contribution >= 4 is 11.6 Å². The highest BCUT2D eigenvalue weighted by molar-refractivity contribution is 5.94. The molecule has 0 unspecified atom stereocenters. The number of carbonyl (C=O) groups is 1. The quantitative estimate of drug-likeness (QED) is 0.904. The third-order valence-corrected chi connectivity index (χ3v) is 5.27. The van der Waals surface area contributed by atoms with Crippen molar-refractivity contribution in [3.63, 3.8) is 0 Å². The lowest BCUT2D eigenvalue weighted by Crippen LogP contribution is -2.42. The highest BCUT2D eigenvalue weighted by Crippen LogP contribution is 2.33. The van der Waals surface area contributed by atoms with Crippen LogP contribution in [-0.4, -0.2) is 30.6 Å². The molecular weight excluding hydrogens is 344 g/mol. The average Bonchev–Trinajstić information content (AvgIpc) is 3.40. The molecule has 1 N–H and O–H groups in total. The molecule has 0 saturated heterocycles. The SMILES string of the molecule is O=C(NC1Cc2ccccc2C1)[C@@H]1CC(Cc2ccc3c(c2)OCO3)=NO1.